The predicted octanol–water partition coefficient (Wildman–Crippen LogP) is 1.85. The molecule has 0 radical (unpaired) electrons. The predicted molar refractivity (Wildman–Crippen MR) is 50.3 cm³/mol. The van der Waals surface area contributed by atoms with E-state index in [4.69, 9.17) is 4.42 Å². The third kappa shape index (κ3) is 2.53. The Morgan fingerprint density at radius 1 is 1.58 bits per heavy atom. The van der Waals surface area contributed by atoms with Gasteiger partial charge in [-0.2, -0.15) is 0 Å². The largest absolute Gasteiger partial charge is 0.480 e. The molecular weight excluding hydrogens is 222 g/mol. The van der Waals surface area contributed by atoms with Crippen molar-refractivity contribution in [3.63, 3.8) is 0 Å². The zero-order chi connectivity index (χ0) is 9.14. The van der Waals surface area contributed by atoms with Gasteiger partial charge in [0.2, 0.25) is 0 Å². The minimum Gasteiger partial charge on any atom is -0.480 e. The number of hydrogen-bond acceptors (Lipinski definition) is 3. The number of aromatic hydroxyl groups is 1. The standard InChI is InChI=1S/C8H12BrNO2/c1-10(2)4-3-6-5-7(9)12-8(6)11/h5,11H,3-4H2,1-2H3. The molecule has 0 aromatic carbocycles. The highest BCUT2D eigenvalue weighted by molar-refractivity contribution is 9.10. The van der Waals surface area contributed by atoms with Crippen LogP contribution >= 0.6 is 15.9 Å². The van der Waals surface area contributed by atoms with E-state index in [1.807, 2.05) is 14.1 Å². The molecule has 0 aliphatic rings. The van der Waals surface area contributed by atoms with E-state index in [1.54, 1.807) is 6.07 Å². The minimum absolute atomic E-state index is 0.0173. The second-order valence-electron chi connectivity index (χ2n) is 2.93. The van der Waals surface area contributed by atoms with Gasteiger partial charge in [-0.1, -0.05) is 0 Å². The van der Waals surface area contributed by atoms with Crippen molar-refractivity contribution in [2.45, 2.75) is 6.42 Å². The summed E-state index contributed by atoms with van der Waals surface area (Å²) in [5.41, 5.74) is 0.843. The Bertz CT molecular complexity index is 258. The molecule has 0 saturated heterocycles. The monoisotopic (exact) mass is 233 g/mol. The Balaban J connectivity index is 2.57. The van der Waals surface area contributed by atoms with Crippen molar-refractivity contribution in [2.24, 2.45) is 0 Å². The Hall–Kier alpha value is -0.480. The molecule has 3 nitrogen and oxygen atoms in total. The fourth-order valence-electron chi connectivity index (χ4n) is 0.909. The van der Waals surface area contributed by atoms with Crippen molar-refractivity contribution in [3.8, 4) is 5.95 Å². The van der Waals surface area contributed by atoms with E-state index in [1.165, 1.54) is 0 Å². The molecule has 0 aliphatic heterocycles. The Morgan fingerprint density at radius 3 is 2.67 bits per heavy atom. The number of furan rings is 1. The van der Waals surface area contributed by atoms with Gasteiger partial charge in [-0.15, -0.1) is 0 Å². The highest BCUT2D eigenvalue weighted by atomic mass is 79.9. The van der Waals surface area contributed by atoms with Crippen LogP contribution in [0.3, 0.4) is 0 Å². The van der Waals surface area contributed by atoms with Gasteiger partial charge in [0, 0.05) is 12.1 Å². The van der Waals surface area contributed by atoms with Crippen LogP contribution in [0.1, 0.15) is 5.56 Å². The van der Waals surface area contributed by atoms with Crippen molar-refractivity contribution in [3.05, 3.63) is 16.3 Å². The van der Waals surface area contributed by atoms with Crippen LogP contribution in [0.25, 0.3) is 0 Å². The average molecular weight is 234 g/mol. The zero-order valence-corrected chi connectivity index (χ0v) is 8.76. The lowest BCUT2D eigenvalue weighted by Crippen LogP contribution is -2.14. The molecule has 0 spiro atoms. The summed E-state index contributed by atoms with van der Waals surface area (Å²) in [6.45, 7) is 0.902. The summed E-state index contributed by atoms with van der Waals surface area (Å²) < 4.78 is 5.48. The van der Waals surface area contributed by atoms with Gasteiger partial charge in [0.05, 0.1) is 0 Å². The van der Waals surface area contributed by atoms with Gasteiger partial charge in [-0.3, -0.25) is 0 Å². The summed E-state index contributed by atoms with van der Waals surface area (Å²) in [6, 6.07) is 1.79. The van der Waals surface area contributed by atoms with Gasteiger partial charge in [-0.05, 0) is 42.5 Å². The van der Waals surface area contributed by atoms with Gasteiger partial charge in [0.25, 0.3) is 5.95 Å². The van der Waals surface area contributed by atoms with Crippen molar-refractivity contribution in [1.29, 1.82) is 0 Å². The van der Waals surface area contributed by atoms with Gasteiger partial charge in [0.15, 0.2) is 4.67 Å². The molecule has 1 rings (SSSR count). The quantitative estimate of drug-likeness (QED) is 0.867. The summed E-state index contributed by atoms with van der Waals surface area (Å²) in [7, 11) is 3.98. The molecule has 1 N–H and O–H groups in total. The maximum atomic E-state index is 9.23. The second-order valence-corrected chi connectivity index (χ2v) is 3.72. The Labute approximate surface area is 80.1 Å². The lowest BCUT2D eigenvalue weighted by molar-refractivity contribution is 0.317. The highest BCUT2D eigenvalue weighted by Gasteiger charge is 2.07. The maximum absolute atomic E-state index is 9.23. The van der Waals surface area contributed by atoms with E-state index < -0.39 is 0 Å². The van der Waals surface area contributed by atoms with E-state index in [-0.39, 0.29) is 5.95 Å². The van der Waals surface area contributed by atoms with Crippen LogP contribution in [0, 0.1) is 0 Å². The van der Waals surface area contributed by atoms with Crippen molar-refractivity contribution in [2.75, 3.05) is 20.6 Å². The average Bonchev–Trinajstić information content (AvgIpc) is 2.26. The van der Waals surface area contributed by atoms with Crippen LogP contribution in [0.5, 0.6) is 5.95 Å². The molecule has 4 heteroatoms. The maximum Gasteiger partial charge on any atom is 0.286 e. The second kappa shape index (κ2) is 3.96. The topological polar surface area (TPSA) is 36.6 Å². The van der Waals surface area contributed by atoms with E-state index in [2.05, 4.69) is 20.8 Å². The molecule has 12 heavy (non-hydrogen) atoms. The lowest BCUT2D eigenvalue weighted by atomic mass is 10.2. The normalized spacial score (nSPS) is 11.0. The molecule has 1 aromatic rings. The molecule has 0 unspecified atom stereocenters. The molecule has 0 amide bonds. The first-order valence-electron chi connectivity index (χ1n) is 3.71. The summed E-state index contributed by atoms with van der Waals surface area (Å²) in [4.78, 5) is 2.06. The van der Waals surface area contributed by atoms with Gasteiger partial charge >= 0.3 is 0 Å². The van der Waals surface area contributed by atoms with Crippen molar-refractivity contribution >= 4 is 15.9 Å². The molecular formula is C8H12BrNO2. The van der Waals surface area contributed by atoms with E-state index in [9.17, 15) is 5.11 Å². The third-order valence-electron chi connectivity index (χ3n) is 1.58. The summed E-state index contributed by atoms with van der Waals surface area (Å²) in [6.07, 6.45) is 0.800. The lowest BCUT2D eigenvalue weighted by Gasteiger charge is -2.06. The molecule has 0 saturated carbocycles. The molecule has 0 fully saturated rings. The zero-order valence-electron chi connectivity index (χ0n) is 7.17. The van der Waals surface area contributed by atoms with E-state index >= 15 is 0 Å². The smallest absolute Gasteiger partial charge is 0.286 e. The summed E-state index contributed by atoms with van der Waals surface area (Å²) in [5, 5.41) is 9.23. The number of hydrogen-bond donors (Lipinski definition) is 1. The number of nitrogens with zero attached hydrogens (tertiary/aromatic N) is 1. The van der Waals surface area contributed by atoms with Crippen LogP contribution in [-0.4, -0.2) is 30.6 Å². The Kier molecular flexibility index (Phi) is 3.17. The number of halogens is 1. The van der Waals surface area contributed by atoms with Gasteiger partial charge in [-0.25, -0.2) is 0 Å². The summed E-state index contributed by atoms with van der Waals surface area (Å²) >= 11 is 3.15. The first-order chi connectivity index (χ1) is 5.59. The number of rotatable bonds is 3. The molecule has 0 bridgehead atoms. The molecule has 1 aromatic heterocycles. The van der Waals surface area contributed by atoms with Crippen LogP contribution in [0.15, 0.2) is 15.2 Å². The van der Waals surface area contributed by atoms with Crippen molar-refractivity contribution < 1.29 is 9.52 Å². The van der Waals surface area contributed by atoms with Gasteiger partial charge < -0.3 is 14.4 Å². The van der Waals surface area contributed by atoms with Gasteiger partial charge in [0.1, 0.15) is 0 Å². The minimum atomic E-state index is 0.0173. The molecule has 0 aliphatic carbocycles. The first-order valence-corrected chi connectivity index (χ1v) is 4.51. The third-order valence-corrected chi connectivity index (χ3v) is 1.98. The van der Waals surface area contributed by atoms with E-state index in [0.29, 0.717) is 4.67 Å². The summed E-state index contributed by atoms with van der Waals surface area (Å²) in [5.74, 6) is 0.0173. The first kappa shape index (κ1) is 9.61. The molecule has 68 valence electrons. The fraction of sp³-hybridized carbons (Fsp3) is 0.500. The van der Waals surface area contributed by atoms with Crippen LogP contribution in [0.2, 0.25) is 0 Å². The molecule has 0 atom stereocenters. The SMILES string of the molecule is CN(C)CCc1cc(Br)oc1O. The Morgan fingerprint density at radius 2 is 2.25 bits per heavy atom. The highest BCUT2D eigenvalue weighted by Crippen LogP contribution is 2.26. The van der Waals surface area contributed by atoms with E-state index in [0.717, 1.165) is 18.5 Å². The van der Waals surface area contributed by atoms with Crippen LogP contribution in [-0.2, 0) is 6.42 Å². The van der Waals surface area contributed by atoms with Crippen LogP contribution in [0.4, 0.5) is 0 Å². The molecule has 1 heterocycles. The van der Waals surface area contributed by atoms with Crippen LogP contribution < -0.4 is 0 Å². The fourth-order valence-corrected chi connectivity index (χ4v) is 1.34. The van der Waals surface area contributed by atoms with Crippen molar-refractivity contribution in [1.82, 2.24) is 4.90 Å². The number of likely N-dealkylation sites (N-methyl/N-ethyl adjacent to an activating group) is 1.